The van der Waals surface area contributed by atoms with Gasteiger partial charge in [0.05, 0.1) is 34.2 Å². The monoisotopic (exact) mass is 1260 g/mol. The number of likely N-dealkylation sites (N-methyl/N-ethyl adjacent to an activating group) is 4. The van der Waals surface area contributed by atoms with Gasteiger partial charge in [0.25, 0.3) is 23.6 Å². The molecule has 2 aromatic heterocycles. The molecule has 4 aromatic rings. The predicted octanol–water partition coefficient (Wildman–Crippen LogP) is 8.61. The molecule has 3 heterocycles. The summed E-state index contributed by atoms with van der Waals surface area (Å²) >= 11 is 13.6. The molecule has 0 unspecified atom stereocenters. The van der Waals surface area contributed by atoms with E-state index in [1.54, 1.807) is 12.4 Å². The lowest BCUT2D eigenvalue weighted by Crippen LogP contribution is -2.55. The number of rotatable bonds is 18. The second-order valence-corrected chi connectivity index (χ2v) is 27.6. The van der Waals surface area contributed by atoms with Gasteiger partial charge in [0.1, 0.15) is 24.2 Å². The van der Waals surface area contributed by atoms with Crippen molar-refractivity contribution in [2.24, 2.45) is 23.7 Å². The first-order valence-corrected chi connectivity index (χ1v) is 31.6. The van der Waals surface area contributed by atoms with Crippen LogP contribution in [0, 0.1) is 23.7 Å². The lowest BCUT2D eigenvalue weighted by atomic mass is 9.99. The summed E-state index contributed by atoms with van der Waals surface area (Å²) in [5.74, 6) is -7.54. The van der Waals surface area contributed by atoms with Gasteiger partial charge in [0.15, 0.2) is 24.4 Å². The average molecular weight is 1260 g/mol. The van der Waals surface area contributed by atoms with Crippen LogP contribution in [0.1, 0.15) is 154 Å². The third-order valence-corrected chi connectivity index (χ3v) is 17.9. The van der Waals surface area contributed by atoms with Crippen molar-refractivity contribution in [1.82, 2.24) is 39.2 Å². The van der Waals surface area contributed by atoms with Crippen LogP contribution in [0.15, 0.2) is 73.1 Å². The van der Waals surface area contributed by atoms with Gasteiger partial charge < -0.3 is 38.5 Å². The van der Waals surface area contributed by atoms with Crippen molar-refractivity contribution in [2.75, 3.05) is 28.2 Å². The molecule has 0 spiro atoms. The maximum atomic E-state index is 15.1. The Morgan fingerprint density at radius 1 is 0.420 bits per heavy atom. The van der Waals surface area contributed by atoms with Crippen LogP contribution in [-0.4, -0.2) is 163 Å². The van der Waals surface area contributed by atoms with Crippen molar-refractivity contribution in [1.29, 1.82) is 0 Å². The molecule has 1 saturated heterocycles. The summed E-state index contributed by atoms with van der Waals surface area (Å²) in [4.78, 5) is 122. The Bertz CT molecular complexity index is 2890. The van der Waals surface area contributed by atoms with Gasteiger partial charge in [-0.05, 0) is 123 Å². The standard InChI is InChI=1S/C66H90Cl2N8O12/c1-39(2)31-49-61(81)85-43(9)57(77)71(11)52(34-42(7)8)64(84)88-54(36-46-17-21-48(22-18-46)38-76-56(24-30-70-76)66(68)27-28-66)60(80)74(14)50(32-40(3)4)62(82)86-44(10)58(78)72(12)51(33-41(5)6)63(83)87-53(59(79)73(49)13)35-45-15-19-47(20-16-45)37-75-55(23-29-69-75)65(67)25-26-65/h15-24,29-30,39-44,49-54H,25-28,31-38H2,1-14H3/t43-,44-,49+,50+,51+,52+,53-,54-/m1/s1. The number of esters is 4. The van der Waals surface area contributed by atoms with Crippen LogP contribution in [0.25, 0.3) is 0 Å². The summed E-state index contributed by atoms with van der Waals surface area (Å²) in [6.07, 6.45) is 0.718. The van der Waals surface area contributed by atoms with E-state index in [0.717, 1.165) is 67.8 Å². The Morgan fingerprint density at radius 2 is 0.682 bits per heavy atom. The smallest absolute Gasteiger partial charge is 0.329 e. The van der Waals surface area contributed by atoms with Crippen LogP contribution < -0.4 is 0 Å². The van der Waals surface area contributed by atoms with Gasteiger partial charge in [-0.15, -0.1) is 23.2 Å². The normalized spacial score (nSPS) is 24.7. The van der Waals surface area contributed by atoms with Gasteiger partial charge >= 0.3 is 23.9 Å². The van der Waals surface area contributed by atoms with Gasteiger partial charge in [0.2, 0.25) is 0 Å². The molecule has 4 amide bonds. The van der Waals surface area contributed by atoms with E-state index in [2.05, 4.69) is 10.2 Å². The fraction of sp³-hybridized carbons (Fsp3) is 0.606. The highest BCUT2D eigenvalue weighted by atomic mass is 35.5. The molecular formula is C66H90Cl2N8O12. The van der Waals surface area contributed by atoms with Crippen LogP contribution in [0.5, 0.6) is 0 Å². The van der Waals surface area contributed by atoms with E-state index in [1.807, 2.05) is 125 Å². The average Bonchev–Trinajstić information content (AvgIpc) is 3.78. The number of hydrogen-bond acceptors (Lipinski definition) is 14. The maximum absolute atomic E-state index is 15.1. The first-order chi connectivity index (χ1) is 41.4. The number of hydrogen-bond donors (Lipinski definition) is 0. The number of ether oxygens (including phenoxy) is 4. The lowest BCUT2D eigenvalue weighted by molar-refractivity contribution is -0.176. The van der Waals surface area contributed by atoms with E-state index in [9.17, 15) is 28.8 Å². The number of nitrogens with zero attached hydrogens (tertiary/aromatic N) is 8. The fourth-order valence-electron chi connectivity index (χ4n) is 11.2. The summed E-state index contributed by atoms with van der Waals surface area (Å²) in [5, 5.41) is 9.01. The molecule has 7 rings (SSSR count). The lowest BCUT2D eigenvalue weighted by Gasteiger charge is -2.35. The first-order valence-electron chi connectivity index (χ1n) is 30.9. The van der Waals surface area contributed by atoms with Crippen LogP contribution in [-0.2, 0) is 93.0 Å². The second-order valence-electron chi connectivity index (χ2n) is 26.1. The van der Waals surface area contributed by atoms with Gasteiger partial charge in [-0.2, -0.15) is 10.2 Å². The topological polar surface area (TPSA) is 222 Å². The number of amides is 4. The Morgan fingerprint density at radius 3 is 0.955 bits per heavy atom. The molecule has 88 heavy (non-hydrogen) atoms. The van der Waals surface area contributed by atoms with Crippen molar-refractivity contribution in [3.63, 3.8) is 0 Å². The Hall–Kier alpha value is -6.80. The molecule has 0 radical (unpaired) electrons. The SMILES string of the molecule is CC(C)C[C@H]1C(=O)O[C@H](Cc2ccc(Cn3nccc3C3(Cl)CC3)cc2)C(=O)N(C)[C@@H](CC(C)C)C(=O)O[C@H](C)C(=O)N(C)[C@@H](CC(C)C)C(=O)O[C@H](Cc2ccc(Cn3nccc3C3(Cl)CC3)cc2)C(=O)N(C)[C@@H](CC(C)C)C(=O)O[C@H](C)C(=O)N1C. The molecule has 3 aliphatic rings. The van der Waals surface area contributed by atoms with E-state index in [1.165, 1.54) is 42.0 Å². The van der Waals surface area contributed by atoms with Crippen LogP contribution in [0.2, 0.25) is 0 Å². The van der Waals surface area contributed by atoms with Crippen LogP contribution in [0.4, 0.5) is 0 Å². The predicted molar refractivity (Wildman–Crippen MR) is 331 cm³/mol. The molecule has 1 aliphatic heterocycles. The minimum absolute atomic E-state index is 0.0723. The van der Waals surface area contributed by atoms with Crippen molar-refractivity contribution in [3.8, 4) is 0 Å². The number of carbonyl (C=O) groups is 8. The Balaban J connectivity index is 1.24. The zero-order valence-electron chi connectivity index (χ0n) is 53.6. The van der Waals surface area contributed by atoms with Crippen LogP contribution in [0.3, 0.4) is 0 Å². The largest absolute Gasteiger partial charge is 0.451 e. The molecule has 8 atom stereocenters. The number of carbonyl (C=O) groups excluding carboxylic acids is 8. The molecule has 480 valence electrons. The molecule has 0 N–H and O–H groups in total. The Labute approximate surface area is 528 Å². The third kappa shape index (κ3) is 17.3. The zero-order chi connectivity index (χ0) is 64.7. The van der Waals surface area contributed by atoms with Gasteiger partial charge in [-0.3, -0.25) is 28.5 Å². The van der Waals surface area contributed by atoms with Gasteiger partial charge in [0, 0.05) is 53.4 Å². The minimum Gasteiger partial charge on any atom is -0.451 e. The molecule has 22 heteroatoms. The summed E-state index contributed by atoms with van der Waals surface area (Å²) in [5.41, 5.74) is 4.83. The van der Waals surface area contributed by atoms with Gasteiger partial charge in [-0.1, -0.05) is 104 Å². The Kier molecular flexibility index (Phi) is 22.8. The first kappa shape index (κ1) is 68.7. The summed E-state index contributed by atoms with van der Waals surface area (Å²) in [6, 6.07) is 13.4. The molecule has 2 aliphatic carbocycles. The fourth-order valence-corrected chi connectivity index (χ4v) is 11.7. The molecule has 2 aromatic carbocycles. The minimum atomic E-state index is -1.55. The summed E-state index contributed by atoms with van der Waals surface area (Å²) in [7, 11) is 5.58. The van der Waals surface area contributed by atoms with E-state index in [4.69, 9.17) is 42.1 Å². The third-order valence-electron chi connectivity index (χ3n) is 16.8. The van der Waals surface area contributed by atoms with Crippen LogP contribution >= 0.6 is 23.2 Å². The van der Waals surface area contributed by atoms with E-state index < -0.39 is 106 Å². The number of halogens is 2. The van der Waals surface area contributed by atoms with E-state index >= 15 is 9.59 Å². The van der Waals surface area contributed by atoms with E-state index in [0.29, 0.717) is 24.2 Å². The maximum Gasteiger partial charge on any atom is 0.329 e. The van der Waals surface area contributed by atoms with Crippen molar-refractivity contribution in [3.05, 3.63) is 107 Å². The second kappa shape index (κ2) is 29.2. The van der Waals surface area contributed by atoms with Crippen molar-refractivity contribution < 1.29 is 57.3 Å². The highest BCUT2D eigenvalue weighted by Gasteiger charge is 2.47. The number of aromatic nitrogens is 4. The summed E-state index contributed by atoms with van der Waals surface area (Å²) in [6.45, 7) is 18.4. The highest BCUT2D eigenvalue weighted by Crippen LogP contribution is 2.52. The summed E-state index contributed by atoms with van der Waals surface area (Å²) < 4.78 is 28.1. The quantitative estimate of drug-likeness (QED) is 0.0517. The van der Waals surface area contributed by atoms with Crippen molar-refractivity contribution >= 4 is 70.7 Å². The number of cyclic esters (lactones) is 4. The molecule has 0 bridgehead atoms. The molecule has 3 fully saturated rings. The molecular weight excluding hydrogens is 1170 g/mol. The highest BCUT2D eigenvalue weighted by molar-refractivity contribution is 6.26. The zero-order valence-corrected chi connectivity index (χ0v) is 55.1. The van der Waals surface area contributed by atoms with E-state index in [-0.39, 0.29) is 62.2 Å². The van der Waals surface area contributed by atoms with Crippen molar-refractivity contribution in [2.45, 2.75) is 205 Å². The molecule has 2 saturated carbocycles. The number of benzene rings is 2. The van der Waals surface area contributed by atoms with Gasteiger partial charge in [-0.25, -0.2) is 19.2 Å². The molecule has 20 nitrogen and oxygen atoms in total. The number of alkyl halides is 2.